The van der Waals surface area contributed by atoms with Crippen molar-refractivity contribution in [2.24, 2.45) is 46.3 Å². The van der Waals surface area contributed by atoms with Crippen molar-refractivity contribution in [2.75, 3.05) is 39.5 Å². The van der Waals surface area contributed by atoms with Gasteiger partial charge in [0.15, 0.2) is 0 Å². The molecule has 250 valence electrons. The Morgan fingerprint density at radius 3 is 2.42 bits per heavy atom. The maximum Gasteiger partial charge on any atom is 0.267 e. The van der Waals surface area contributed by atoms with Crippen molar-refractivity contribution in [3.8, 4) is 0 Å². The van der Waals surface area contributed by atoms with Gasteiger partial charge in [-0.25, -0.2) is 0 Å². The number of rotatable bonds is 12. The Hall–Kier alpha value is -0.820. The molecule has 0 aromatic heterocycles. The van der Waals surface area contributed by atoms with E-state index in [1.54, 1.807) is 0 Å². The van der Waals surface area contributed by atoms with E-state index >= 15 is 0 Å². The van der Waals surface area contributed by atoms with Crippen molar-refractivity contribution in [1.82, 2.24) is 5.32 Å². The molecule has 0 unspecified atom stereocenters. The molecule has 4 aliphatic carbocycles. The third-order valence-electron chi connectivity index (χ3n) is 12.7. The van der Waals surface area contributed by atoms with Crippen LogP contribution in [0.4, 0.5) is 0 Å². The van der Waals surface area contributed by atoms with Crippen molar-refractivity contribution < 1.29 is 42.7 Å². The molecule has 0 radical (unpaired) electrons. The molecule has 11 heteroatoms. The highest BCUT2D eigenvalue weighted by Gasteiger charge is 2.65. The number of fused-ring (bicyclic) bond motifs is 5. The number of quaternary nitrogens is 1. The Morgan fingerprint density at radius 2 is 1.74 bits per heavy atom. The van der Waals surface area contributed by atoms with Gasteiger partial charge in [-0.3, -0.25) is 9.35 Å². The van der Waals surface area contributed by atoms with Gasteiger partial charge in [0, 0.05) is 19.4 Å². The number of carbonyl (C=O) groups excluding carboxylic acids is 1. The lowest BCUT2D eigenvalue weighted by molar-refractivity contribution is -0.893. The first-order valence-corrected chi connectivity index (χ1v) is 18.2. The Morgan fingerprint density at radius 1 is 1.05 bits per heavy atom. The van der Waals surface area contributed by atoms with Crippen LogP contribution in [0.1, 0.15) is 85.0 Å². The molecule has 4 rings (SSSR count). The van der Waals surface area contributed by atoms with Crippen LogP contribution in [0.15, 0.2) is 0 Å². The molecule has 43 heavy (non-hydrogen) atoms. The summed E-state index contributed by atoms with van der Waals surface area (Å²) >= 11 is 0. The maximum atomic E-state index is 12.7. The second-order valence-corrected chi connectivity index (χ2v) is 17.5. The zero-order valence-corrected chi connectivity index (χ0v) is 27.8. The predicted molar refractivity (Wildman–Crippen MR) is 164 cm³/mol. The highest BCUT2D eigenvalue weighted by Crippen LogP contribution is 2.68. The third kappa shape index (κ3) is 7.60. The molecule has 0 heterocycles. The van der Waals surface area contributed by atoms with Crippen molar-refractivity contribution in [3.05, 3.63) is 0 Å². The van der Waals surface area contributed by atoms with Crippen LogP contribution in [0.5, 0.6) is 0 Å². The summed E-state index contributed by atoms with van der Waals surface area (Å²) in [4.78, 5) is 12.7. The molecule has 1 amide bonds. The Bertz CT molecular complexity index is 1090. The van der Waals surface area contributed by atoms with Crippen molar-refractivity contribution in [1.29, 1.82) is 0 Å². The summed E-state index contributed by atoms with van der Waals surface area (Å²) in [6, 6.07) is 0. The van der Waals surface area contributed by atoms with Gasteiger partial charge in [0.1, 0.15) is 18.4 Å². The second kappa shape index (κ2) is 13.1. The summed E-state index contributed by atoms with van der Waals surface area (Å²) in [5, 5.41) is 46.5. The summed E-state index contributed by atoms with van der Waals surface area (Å²) in [6.45, 7) is 8.10. The summed E-state index contributed by atoms with van der Waals surface area (Å²) < 4.78 is 31.3. The van der Waals surface area contributed by atoms with Crippen LogP contribution in [-0.4, -0.2) is 108 Å². The first-order chi connectivity index (χ1) is 19.9. The molecule has 4 fully saturated rings. The standard InChI is InChI=1S/C32H58N2O8S/c1-20(7-10-29(39)33-13-6-14-34(4,5)18-23(36)19-43(40,41)42)24-8-9-25-30-26(17-28(38)32(24,25)3)31(2)12-11-22(35)15-21(31)16-27(30)37/h20-28,30,35-38H,6-19H2,1-5H3,(H-,33,39,40,41,42)/p+1/t20-,21+,22-,23-,24+,25-,26-,27+,28+,30-,31-,32+/m0/s1. The zero-order chi connectivity index (χ0) is 32.0. The van der Waals surface area contributed by atoms with Gasteiger partial charge in [-0.05, 0) is 97.7 Å². The highest BCUT2D eigenvalue weighted by atomic mass is 32.2. The number of nitrogens with one attached hydrogen (secondary N) is 1. The fraction of sp³-hybridized carbons (Fsp3) is 0.969. The van der Waals surface area contributed by atoms with Gasteiger partial charge in [0.2, 0.25) is 5.91 Å². The lowest BCUT2D eigenvalue weighted by Crippen LogP contribution is -2.62. The fourth-order valence-corrected chi connectivity index (χ4v) is 11.1. The van der Waals surface area contributed by atoms with E-state index in [0.717, 1.165) is 44.9 Å². The van der Waals surface area contributed by atoms with Gasteiger partial charge in [-0.2, -0.15) is 8.42 Å². The van der Waals surface area contributed by atoms with Crippen molar-refractivity contribution >= 4 is 16.0 Å². The molecule has 0 aromatic carbocycles. The normalized spacial score (nSPS) is 41.1. The second-order valence-electron chi connectivity index (χ2n) is 16.0. The van der Waals surface area contributed by atoms with Crippen LogP contribution < -0.4 is 5.32 Å². The largest absolute Gasteiger partial charge is 0.393 e. The van der Waals surface area contributed by atoms with Gasteiger partial charge in [-0.1, -0.05) is 20.8 Å². The Kier molecular flexibility index (Phi) is 10.7. The number of hydrogen-bond acceptors (Lipinski definition) is 7. The number of likely N-dealkylation sites (N-methyl/N-ethyl adjacent to an activating group) is 1. The molecule has 4 aliphatic rings. The van der Waals surface area contributed by atoms with Gasteiger partial charge in [0.25, 0.3) is 10.1 Å². The Labute approximate surface area is 259 Å². The minimum atomic E-state index is -4.23. The first-order valence-electron chi connectivity index (χ1n) is 16.6. The van der Waals surface area contributed by atoms with Crippen molar-refractivity contribution in [3.63, 3.8) is 0 Å². The summed E-state index contributed by atoms with van der Waals surface area (Å²) in [7, 11) is -0.484. The minimum absolute atomic E-state index is 0.00585. The van der Waals surface area contributed by atoms with Crippen LogP contribution in [0, 0.1) is 46.3 Å². The van der Waals surface area contributed by atoms with E-state index in [0.29, 0.717) is 48.7 Å². The quantitative estimate of drug-likeness (QED) is 0.108. The molecular weight excluding hydrogens is 572 g/mol. The SMILES string of the molecule is C[C@@H](CCC(=O)NCCC[N+](C)(C)C[C@H](O)CS(=O)(=O)O)[C@H]1CC[C@H]2[C@@H]3[C@H](O)C[C@H]4C[C@@H](O)CC[C@]4(C)[C@H]3C[C@@H](O)[C@]12C. The molecular formula is C32H59N2O8S+. The van der Waals surface area contributed by atoms with Gasteiger partial charge in [-0.15, -0.1) is 0 Å². The molecule has 0 saturated heterocycles. The number of amides is 1. The van der Waals surface area contributed by atoms with E-state index in [9.17, 15) is 33.6 Å². The van der Waals surface area contributed by atoms with E-state index < -0.39 is 28.1 Å². The van der Waals surface area contributed by atoms with Crippen LogP contribution in [0.25, 0.3) is 0 Å². The average Bonchev–Trinajstić information content (AvgIpc) is 3.24. The van der Waals surface area contributed by atoms with Crippen LogP contribution in [-0.2, 0) is 14.9 Å². The number of aliphatic hydroxyl groups excluding tert-OH is 4. The van der Waals surface area contributed by atoms with E-state index in [-0.39, 0.29) is 59.2 Å². The lowest BCUT2D eigenvalue weighted by Gasteiger charge is -2.63. The Balaban J connectivity index is 1.27. The van der Waals surface area contributed by atoms with Crippen LogP contribution in [0.2, 0.25) is 0 Å². The lowest BCUT2D eigenvalue weighted by atomic mass is 9.43. The average molecular weight is 632 g/mol. The smallest absolute Gasteiger partial charge is 0.267 e. The van der Waals surface area contributed by atoms with Crippen molar-refractivity contribution in [2.45, 2.75) is 109 Å². The molecule has 4 saturated carbocycles. The maximum absolute atomic E-state index is 12.7. The molecule has 0 spiro atoms. The monoisotopic (exact) mass is 631 g/mol. The van der Waals surface area contributed by atoms with E-state index in [1.807, 2.05) is 14.1 Å². The molecule has 0 aromatic rings. The predicted octanol–water partition coefficient (Wildman–Crippen LogP) is 2.20. The van der Waals surface area contributed by atoms with E-state index in [4.69, 9.17) is 4.55 Å². The molecule has 0 aliphatic heterocycles. The highest BCUT2D eigenvalue weighted by molar-refractivity contribution is 7.85. The summed E-state index contributed by atoms with van der Waals surface area (Å²) in [5.74, 6) is 0.890. The summed E-state index contributed by atoms with van der Waals surface area (Å²) in [6.07, 6.45) is 5.56. The molecule has 6 N–H and O–H groups in total. The number of carbonyl (C=O) groups is 1. The third-order valence-corrected chi connectivity index (χ3v) is 13.5. The minimum Gasteiger partial charge on any atom is -0.393 e. The van der Waals surface area contributed by atoms with Crippen LogP contribution >= 0.6 is 0 Å². The van der Waals surface area contributed by atoms with E-state index in [1.165, 1.54) is 0 Å². The topological polar surface area (TPSA) is 164 Å². The van der Waals surface area contributed by atoms with E-state index in [2.05, 4.69) is 26.1 Å². The number of hydrogen-bond donors (Lipinski definition) is 6. The first kappa shape index (κ1) is 35.0. The number of nitrogens with zero attached hydrogens (tertiary/aromatic N) is 1. The molecule has 12 atom stereocenters. The van der Waals surface area contributed by atoms with Gasteiger partial charge >= 0.3 is 0 Å². The zero-order valence-electron chi connectivity index (χ0n) is 27.0. The van der Waals surface area contributed by atoms with Gasteiger partial charge < -0.3 is 30.2 Å². The molecule has 10 nitrogen and oxygen atoms in total. The molecule has 0 bridgehead atoms. The summed E-state index contributed by atoms with van der Waals surface area (Å²) in [5.41, 5.74) is -0.222. The van der Waals surface area contributed by atoms with Gasteiger partial charge in [0.05, 0.1) is 39.0 Å². The van der Waals surface area contributed by atoms with Crippen LogP contribution in [0.3, 0.4) is 0 Å². The number of aliphatic hydroxyl groups is 4. The fourth-order valence-electron chi connectivity index (χ4n) is 10.5.